The van der Waals surface area contributed by atoms with Crippen LogP contribution in [-0.2, 0) is 9.53 Å². The van der Waals surface area contributed by atoms with E-state index in [9.17, 15) is 9.59 Å². The van der Waals surface area contributed by atoms with E-state index in [-0.39, 0.29) is 18.5 Å². The molecular weight excluding hydrogens is 328 g/mol. The van der Waals surface area contributed by atoms with Crippen LogP contribution in [0.1, 0.15) is 28.9 Å². The first-order chi connectivity index (χ1) is 11.5. The van der Waals surface area contributed by atoms with Crippen molar-refractivity contribution in [2.45, 2.75) is 13.0 Å². The molecule has 0 saturated carbocycles. The third-order valence-electron chi connectivity index (χ3n) is 3.53. The Labute approximate surface area is 146 Å². The lowest BCUT2D eigenvalue weighted by molar-refractivity contribution is -0.115. The summed E-state index contributed by atoms with van der Waals surface area (Å²) in [6.45, 7) is 2.09. The Hall–Kier alpha value is -2.37. The number of hydrogen-bond donors (Lipinski definition) is 2. The highest BCUT2D eigenvalue weighted by atomic mass is 35.5. The molecule has 0 bridgehead atoms. The van der Waals surface area contributed by atoms with Gasteiger partial charge in [-0.3, -0.25) is 4.79 Å². The molecule has 2 rings (SSSR count). The van der Waals surface area contributed by atoms with E-state index in [1.165, 1.54) is 7.11 Å². The average Bonchev–Trinajstić information content (AvgIpc) is 2.60. The molecule has 0 aliphatic rings. The largest absolute Gasteiger partial charge is 0.465 e. The van der Waals surface area contributed by atoms with Crippen LogP contribution in [0.5, 0.6) is 0 Å². The maximum absolute atomic E-state index is 12.0. The van der Waals surface area contributed by atoms with Gasteiger partial charge in [-0.05, 0) is 42.8 Å². The molecule has 1 atom stereocenters. The van der Waals surface area contributed by atoms with Crippen molar-refractivity contribution >= 4 is 29.2 Å². The van der Waals surface area contributed by atoms with E-state index in [0.717, 1.165) is 5.56 Å². The van der Waals surface area contributed by atoms with Crippen LogP contribution in [0.2, 0.25) is 5.02 Å². The van der Waals surface area contributed by atoms with Crippen molar-refractivity contribution in [3.8, 4) is 0 Å². The molecule has 2 N–H and O–H groups in total. The minimum atomic E-state index is -0.414. The molecule has 2 aromatic rings. The standard InChI is InChI=1S/C18H19ClN2O3/c1-12(15-5-3-4-6-16(15)19)20-11-17(22)21-14-9-7-13(8-10-14)18(23)24-2/h3-10,12,20H,11H2,1-2H3,(H,21,22)/t12-/m0/s1. The Kier molecular flexibility index (Phi) is 6.35. The second-order valence-corrected chi connectivity index (χ2v) is 5.65. The van der Waals surface area contributed by atoms with E-state index in [4.69, 9.17) is 11.6 Å². The zero-order valence-electron chi connectivity index (χ0n) is 13.5. The number of esters is 1. The predicted octanol–water partition coefficient (Wildman–Crippen LogP) is 3.42. The number of hydrogen-bond acceptors (Lipinski definition) is 4. The highest BCUT2D eigenvalue weighted by molar-refractivity contribution is 6.31. The van der Waals surface area contributed by atoms with Crippen molar-refractivity contribution in [3.63, 3.8) is 0 Å². The van der Waals surface area contributed by atoms with Gasteiger partial charge in [0.25, 0.3) is 0 Å². The van der Waals surface area contributed by atoms with Crippen molar-refractivity contribution in [2.24, 2.45) is 0 Å². The summed E-state index contributed by atoms with van der Waals surface area (Å²) in [6.07, 6.45) is 0. The van der Waals surface area contributed by atoms with E-state index in [2.05, 4.69) is 15.4 Å². The van der Waals surface area contributed by atoms with Gasteiger partial charge in [-0.2, -0.15) is 0 Å². The lowest BCUT2D eigenvalue weighted by Gasteiger charge is -2.15. The molecule has 0 aromatic heterocycles. The summed E-state index contributed by atoms with van der Waals surface area (Å²) in [5.41, 5.74) is 1.98. The molecule has 0 aliphatic heterocycles. The number of rotatable bonds is 6. The van der Waals surface area contributed by atoms with Gasteiger partial charge in [0.2, 0.25) is 5.91 Å². The highest BCUT2D eigenvalue weighted by Gasteiger charge is 2.11. The summed E-state index contributed by atoms with van der Waals surface area (Å²) in [5.74, 6) is -0.595. The van der Waals surface area contributed by atoms with Gasteiger partial charge in [-0.15, -0.1) is 0 Å². The Morgan fingerprint density at radius 3 is 2.42 bits per heavy atom. The fourth-order valence-corrected chi connectivity index (χ4v) is 2.49. The number of nitrogens with one attached hydrogen (secondary N) is 2. The maximum Gasteiger partial charge on any atom is 0.337 e. The first kappa shape index (κ1) is 18.0. The van der Waals surface area contributed by atoms with E-state index in [1.807, 2.05) is 31.2 Å². The van der Waals surface area contributed by atoms with Gasteiger partial charge in [-0.25, -0.2) is 4.79 Å². The Balaban J connectivity index is 1.87. The second-order valence-electron chi connectivity index (χ2n) is 5.24. The molecule has 24 heavy (non-hydrogen) atoms. The van der Waals surface area contributed by atoms with Crippen LogP contribution >= 0.6 is 11.6 Å². The fraction of sp³-hybridized carbons (Fsp3) is 0.222. The average molecular weight is 347 g/mol. The van der Waals surface area contributed by atoms with E-state index < -0.39 is 5.97 Å². The van der Waals surface area contributed by atoms with Crippen molar-refractivity contribution in [2.75, 3.05) is 19.0 Å². The number of anilines is 1. The van der Waals surface area contributed by atoms with E-state index in [1.54, 1.807) is 24.3 Å². The summed E-state index contributed by atoms with van der Waals surface area (Å²) in [5, 5.41) is 6.55. The second kappa shape index (κ2) is 8.47. The summed E-state index contributed by atoms with van der Waals surface area (Å²) >= 11 is 6.14. The summed E-state index contributed by atoms with van der Waals surface area (Å²) in [6, 6.07) is 14.0. The van der Waals surface area contributed by atoms with Crippen molar-refractivity contribution in [1.82, 2.24) is 5.32 Å². The summed E-state index contributed by atoms with van der Waals surface area (Å²) in [4.78, 5) is 23.4. The van der Waals surface area contributed by atoms with Crippen LogP contribution in [-0.4, -0.2) is 25.5 Å². The topological polar surface area (TPSA) is 67.4 Å². The Bertz CT molecular complexity index is 716. The molecule has 0 saturated heterocycles. The Morgan fingerprint density at radius 1 is 1.12 bits per heavy atom. The van der Waals surface area contributed by atoms with Crippen molar-refractivity contribution in [3.05, 3.63) is 64.7 Å². The van der Waals surface area contributed by atoms with Crippen molar-refractivity contribution in [1.29, 1.82) is 0 Å². The van der Waals surface area contributed by atoms with E-state index in [0.29, 0.717) is 16.3 Å². The quantitative estimate of drug-likeness (QED) is 0.786. The molecule has 5 nitrogen and oxygen atoms in total. The first-order valence-electron chi connectivity index (χ1n) is 7.47. The smallest absolute Gasteiger partial charge is 0.337 e. The lowest BCUT2D eigenvalue weighted by Crippen LogP contribution is -2.30. The number of carbonyl (C=O) groups excluding carboxylic acids is 2. The monoisotopic (exact) mass is 346 g/mol. The van der Waals surface area contributed by atoms with Crippen LogP contribution in [0.4, 0.5) is 5.69 Å². The predicted molar refractivity (Wildman–Crippen MR) is 94.3 cm³/mol. The molecule has 0 fully saturated rings. The lowest BCUT2D eigenvalue weighted by atomic mass is 10.1. The first-order valence-corrected chi connectivity index (χ1v) is 7.85. The molecule has 0 spiro atoms. The molecule has 126 valence electrons. The van der Waals surface area contributed by atoms with Gasteiger partial charge in [0, 0.05) is 16.8 Å². The third-order valence-corrected chi connectivity index (χ3v) is 3.87. The number of halogens is 1. The normalized spacial score (nSPS) is 11.6. The van der Waals surface area contributed by atoms with Gasteiger partial charge in [0.15, 0.2) is 0 Å². The van der Waals surface area contributed by atoms with Gasteiger partial charge >= 0.3 is 5.97 Å². The summed E-state index contributed by atoms with van der Waals surface area (Å²) in [7, 11) is 1.32. The molecule has 6 heteroatoms. The van der Waals surface area contributed by atoms with Crippen molar-refractivity contribution < 1.29 is 14.3 Å². The molecule has 1 amide bonds. The number of ether oxygens (including phenoxy) is 1. The Morgan fingerprint density at radius 2 is 1.79 bits per heavy atom. The molecular formula is C18H19ClN2O3. The molecule has 0 aliphatic carbocycles. The fourth-order valence-electron chi connectivity index (χ4n) is 2.19. The van der Waals surface area contributed by atoms with Crippen LogP contribution < -0.4 is 10.6 Å². The zero-order valence-corrected chi connectivity index (χ0v) is 14.3. The van der Waals surface area contributed by atoms with E-state index >= 15 is 0 Å². The number of carbonyl (C=O) groups is 2. The molecule has 0 unspecified atom stereocenters. The maximum atomic E-state index is 12.0. The van der Waals surface area contributed by atoms with Gasteiger partial charge < -0.3 is 15.4 Å². The van der Waals surface area contributed by atoms with Crippen LogP contribution in [0, 0.1) is 0 Å². The van der Waals surface area contributed by atoms with Gasteiger partial charge in [-0.1, -0.05) is 29.8 Å². The number of benzene rings is 2. The molecule has 2 aromatic carbocycles. The van der Waals surface area contributed by atoms with Crippen LogP contribution in [0.3, 0.4) is 0 Å². The highest BCUT2D eigenvalue weighted by Crippen LogP contribution is 2.21. The minimum Gasteiger partial charge on any atom is -0.465 e. The van der Waals surface area contributed by atoms with Gasteiger partial charge in [0.1, 0.15) is 0 Å². The SMILES string of the molecule is COC(=O)c1ccc(NC(=O)CN[C@@H](C)c2ccccc2Cl)cc1. The number of methoxy groups -OCH3 is 1. The molecule has 0 heterocycles. The van der Waals surface area contributed by atoms with Gasteiger partial charge in [0.05, 0.1) is 19.2 Å². The number of amides is 1. The van der Waals surface area contributed by atoms with Crippen LogP contribution in [0.15, 0.2) is 48.5 Å². The molecule has 0 radical (unpaired) electrons. The summed E-state index contributed by atoms with van der Waals surface area (Å²) < 4.78 is 4.63. The zero-order chi connectivity index (χ0) is 17.5. The third kappa shape index (κ3) is 4.81. The van der Waals surface area contributed by atoms with Crippen LogP contribution in [0.25, 0.3) is 0 Å². The minimum absolute atomic E-state index is 0.0499.